The molecule has 0 bridgehead atoms. The minimum Gasteiger partial charge on any atom is -0.497 e. The third-order valence-corrected chi connectivity index (χ3v) is 8.82. The van der Waals surface area contributed by atoms with Gasteiger partial charge >= 0.3 is 0 Å². The van der Waals surface area contributed by atoms with Gasteiger partial charge in [0.05, 0.1) is 18.5 Å². The molecule has 0 atom stereocenters. The van der Waals surface area contributed by atoms with E-state index in [0.717, 1.165) is 56.0 Å². The molecular formula is C39H41FN4O. The smallest absolute Gasteiger partial charge is 0.132 e. The highest BCUT2D eigenvalue weighted by Gasteiger charge is 2.26. The molecule has 5 aromatic rings. The Morgan fingerprint density at radius 3 is 2.11 bits per heavy atom. The van der Waals surface area contributed by atoms with Gasteiger partial charge in [-0.05, 0) is 96.1 Å². The average molecular weight is 601 g/mol. The summed E-state index contributed by atoms with van der Waals surface area (Å²) in [5.41, 5.74) is 8.35. The molecule has 1 saturated heterocycles. The summed E-state index contributed by atoms with van der Waals surface area (Å²) in [6, 6.07) is 32.7. The number of halogens is 1. The average Bonchev–Trinajstić information content (AvgIpc) is 3.08. The van der Waals surface area contributed by atoms with Gasteiger partial charge in [0.2, 0.25) is 0 Å². The minimum absolute atomic E-state index is 0.243. The van der Waals surface area contributed by atoms with Crippen molar-refractivity contribution in [2.75, 3.05) is 25.1 Å². The van der Waals surface area contributed by atoms with Crippen molar-refractivity contribution < 1.29 is 9.13 Å². The van der Waals surface area contributed by atoms with Gasteiger partial charge in [0, 0.05) is 61.4 Å². The topological polar surface area (TPSA) is 41.5 Å². The second-order valence-electron chi connectivity index (χ2n) is 12.2. The van der Waals surface area contributed by atoms with E-state index in [1.807, 2.05) is 36.5 Å². The highest BCUT2D eigenvalue weighted by Crippen LogP contribution is 2.31. The number of aromatic nitrogens is 2. The van der Waals surface area contributed by atoms with Crippen LogP contribution in [0.5, 0.6) is 5.75 Å². The summed E-state index contributed by atoms with van der Waals surface area (Å²) in [4.78, 5) is 14.3. The predicted molar refractivity (Wildman–Crippen MR) is 181 cm³/mol. The number of nitrogens with zero attached hydrogens (tertiary/aromatic N) is 4. The van der Waals surface area contributed by atoms with Gasteiger partial charge in [0.25, 0.3) is 0 Å². The van der Waals surface area contributed by atoms with Crippen molar-refractivity contribution in [2.24, 2.45) is 0 Å². The Bertz CT molecular complexity index is 1710. The molecule has 6 rings (SSSR count). The summed E-state index contributed by atoms with van der Waals surface area (Å²) in [7, 11) is 1.71. The zero-order valence-electron chi connectivity index (χ0n) is 26.4. The van der Waals surface area contributed by atoms with Crippen LogP contribution < -0.4 is 9.64 Å². The normalized spacial score (nSPS) is 14.1. The van der Waals surface area contributed by atoms with Crippen LogP contribution >= 0.6 is 0 Å². The van der Waals surface area contributed by atoms with Gasteiger partial charge in [-0.3, -0.25) is 14.9 Å². The van der Waals surface area contributed by atoms with Crippen LogP contribution in [0.25, 0.3) is 22.5 Å². The van der Waals surface area contributed by atoms with E-state index in [1.165, 1.54) is 28.4 Å². The van der Waals surface area contributed by atoms with E-state index in [2.05, 4.69) is 77.2 Å². The molecule has 1 aliphatic heterocycles. The van der Waals surface area contributed by atoms with Gasteiger partial charge in [-0.2, -0.15) is 0 Å². The molecule has 2 aromatic heterocycles. The molecule has 6 heteroatoms. The van der Waals surface area contributed by atoms with E-state index in [4.69, 9.17) is 9.72 Å². The van der Waals surface area contributed by atoms with Crippen molar-refractivity contribution in [2.45, 2.75) is 51.7 Å². The summed E-state index contributed by atoms with van der Waals surface area (Å²) in [5, 5.41) is 0. The molecule has 3 heterocycles. The van der Waals surface area contributed by atoms with Crippen molar-refractivity contribution in [3.05, 3.63) is 132 Å². The standard InChI is InChI=1S/C39H41FN4O/c1-28(2)34-8-4-5-9-35(34)38-25-30(17-21-41-38)27-44(31-12-14-33(45-3)15-13-31)32-18-22-43(23-19-32)26-29-16-20-42-39(24-29)36-10-6-7-11-37(36)40/h4-17,20-21,24-25,28,32H,18-19,22-23,26-27H2,1-3H3. The van der Waals surface area contributed by atoms with Crippen LogP contribution in [0.15, 0.2) is 109 Å². The van der Waals surface area contributed by atoms with Gasteiger partial charge in [0.15, 0.2) is 0 Å². The van der Waals surface area contributed by atoms with Crippen molar-refractivity contribution in [1.82, 2.24) is 14.9 Å². The van der Waals surface area contributed by atoms with Crippen molar-refractivity contribution in [1.29, 1.82) is 0 Å². The molecule has 0 radical (unpaired) electrons. The molecule has 45 heavy (non-hydrogen) atoms. The number of methoxy groups -OCH3 is 1. The first kappa shape index (κ1) is 30.5. The molecule has 0 amide bonds. The number of likely N-dealkylation sites (tertiary alicyclic amines) is 1. The number of anilines is 1. The Kier molecular flexibility index (Phi) is 9.51. The molecule has 1 aliphatic rings. The number of pyridine rings is 2. The Balaban J connectivity index is 1.19. The number of hydrogen-bond acceptors (Lipinski definition) is 5. The lowest BCUT2D eigenvalue weighted by Crippen LogP contribution is -2.44. The molecule has 0 aliphatic carbocycles. The summed E-state index contributed by atoms with van der Waals surface area (Å²) < 4.78 is 19.9. The molecule has 0 saturated carbocycles. The molecule has 3 aromatic carbocycles. The molecule has 5 nitrogen and oxygen atoms in total. The first-order valence-corrected chi connectivity index (χ1v) is 15.9. The lowest BCUT2D eigenvalue weighted by atomic mass is 9.94. The Hall–Kier alpha value is -4.55. The van der Waals surface area contributed by atoms with Gasteiger partial charge < -0.3 is 9.64 Å². The first-order chi connectivity index (χ1) is 22.0. The largest absolute Gasteiger partial charge is 0.497 e. The quantitative estimate of drug-likeness (QED) is 0.160. The van der Waals surface area contributed by atoms with E-state index < -0.39 is 0 Å². The maximum atomic E-state index is 14.4. The minimum atomic E-state index is -0.243. The number of benzene rings is 3. The Morgan fingerprint density at radius 1 is 0.800 bits per heavy atom. The SMILES string of the molecule is COc1ccc(N(Cc2ccnc(-c3ccccc3C(C)C)c2)C2CCN(Cc3ccnc(-c4ccccc4F)c3)CC2)cc1. The van der Waals surface area contributed by atoms with E-state index in [0.29, 0.717) is 23.2 Å². The maximum Gasteiger partial charge on any atom is 0.132 e. The number of rotatable bonds is 10. The monoisotopic (exact) mass is 600 g/mol. The number of piperidine rings is 1. The molecular weight excluding hydrogens is 559 g/mol. The van der Waals surface area contributed by atoms with E-state index in [-0.39, 0.29) is 5.82 Å². The van der Waals surface area contributed by atoms with Crippen LogP contribution in [0.3, 0.4) is 0 Å². The summed E-state index contributed by atoms with van der Waals surface area (Å²) in [6.07, 6.45) is 5.83. The van der Waals surface area contributed by atoms with E-state index in [1.54, 1.807) is 25.4 Å². The lowest BCUT2D eigenvalue weighted by Gasteiger charge is -2.40. The molecule has 0 N–H and O–H groups in total. The molecule has 1 fully saturated rings. The van der Waals surface area contributed by atoms with Crippen LogP contribution in [0, 0.1) is 5.82 Å². The predicted octanol–water partition coefficient (Wildman–Crippen LogP) is 8.75. The van der Waals surface area contributed by atoms with E-state index in [9.17, 15) is 4.39 Å². The maximum absolute atomic E-state index is 14.4. The zero-order valence-corrected chi connectivity index (χ0v) is 26.4. The summed E-state index contributed by atoms with van der Waals surface area (Å²) in [6.45, 7) is 8.05. The van der Waals surface area contributed by atoms with Crippen molar-refractivity contribution in [3.63, 3.8) is 0 Å². The van der Waals surface area contributed by atoms with Crippen LogP contribution in [-0.2, 0) is 13.1 Å². The van der Waals surface area contributed by atoms with Gasteiger partial charge in [-0.15, -0.1) is 0 Å². The number of hydrogen-bond donors (Lipinski definition) is 0. The van der Waals surface area contributed by atoms with Crippen molar-refractivity contribution in [3.8, 4) is 28.3 Å². The van der Waals surface area contributed by atoms with E-state index >= 15 is 0 Å². The highest BCUT2D eigenvalue weighted by molar-refractivity contribution is 5.65. The second kappa shape index (κ2) is 14.0. The fraction of sp³-hybridized carbons (Fsp3) is 0.282. The van der Waals surface area contributed by atoms with Crippen molar-refractivity contribution >= 4 is 5.69 Å². The zero-order chi connectivity index (χ0) is 31.2. The molecule has 230 valence electrons. The fourth-order valence-corrected chi connectivity index (χ4v) is 6.39. The van der Waals surface area contributed by atoms with Crippen LogP contribution in [-0.4, -0.2) is 41.1 Å². The fourth-order valence-electron chi connectivity index (χ4n) is 6.39. The molecule has 0 spiro atoms. The lowest BCUT2D eigenvalue weighted by molar-refractivity contribution is 0.201. The second-order valence-corrected chi connectivity index (χ2v) is 12.2. The van der Waals surface area contributed by atoms with Gasteiger partial charge in [-0.25, -0.2) is 4.39 Å². The summed E-state index contributed by atoms with van der Waals surface area (Å²) in [5.74, 6) is 1.04. The van der Waals surface area contributed by atoms with Gasteiger partial charge in [-0.1, -0.05) is 50.2 Å². The Morgan fingerprint density at radius 2 is 1.42 bits per heavy atom. The van der Waals surface area contributed by atoms with Crippen LogP contribution in [0.4, 0.5) is 10.1 Å². The number of ether oxygens (including phenoxy) is 1. The van der Waals surface area contributed by atoms with Crippen LogP contribution in [0.1, 0.15) is 49.3 Å². The van der Waals surface area contributed by atoms with Crippen LogP contribution in [0.2, 0.25) is 0 Å². The third kappa shape index (κ3) is 7.23. The Labute approximate surface area is 266 Å². The van der Waals surface area contributed by atoms with Gasteiger partial charge in [0.1, 0.15) is 11.6 Å². The first-order valence-electron chi connectivity index (χ1n) is 15.9. The third-order valence-electron chi connectivity index (χ3n) is 8.82. The molecule has 0 unspecified atom stereocenters. The summed E-state index contributed by atoms with van der Waals surface area (Å²) >= 11 is 0. The highest BCUT2D eigenvalue weighted by atomic mass is 19.1.